The van der Waals surface area contributed by atoms with E-state index in [1.165, 1.54) is 50.2 Å². The van der Waals surface area contributed by atoms with Gasteiger partial charge in [-0.3, -0.25) is 0 Å². The zero-order valence-corrected chi connectivity index (χ0v) is 25.6. The number of aryl methyl sites for hydroxylation is 6. The molecule has 0 aliphatic rings. The first kappa shape index (κ1) is 27.9. The summed E-state index contributed by atoms with van der Waals surface area (Å²) in [5, 5.41) is 0.147. The van der Waals surface area contributed by atoms with Crippen LogP contribution in [0.5, 0.6) is 0 Å². The van der Waals surface area contributed by atoms with Crippen LogP contribution in [-0.2, 0) is 16.7 Å². The molecule has 3 heteroatoms. The van der Waals surface area contributed by atoms with Gasteiger partial charge in [-0.2, -0.15) is 0 Å². The highest BCUT2D eigenvalue weighted by atomic mass is 31.1. The van der Waals surface area contributed by atoms with Gasteiger partial charge in [0.1, 0.15) is 0 Å². The third-order valence-electron chi connectivity index (χ3n) is 7.76. The minimum atomic E-state index is 0.0522. The summed E-state index contributed by atoms with van der Waals surface area (Å²) in [5.41, 5.74) is 12.7. The first-order valence-electron chi connectivity index (χ1n) is 13.0. The maximum Gasteiger partial charge on any atom is 0.0490 e. The highest BCUT2D eigenvalue weighted by Gasteiger charge is 2.33. The van der Waals surface area contributed by atoms with Gasteiger partial charge in [0.2, 0.25) is 0 Å². The number of anilines is 1. The standard InChI is InChI=1S/C32H45NP2/c1-11-27-15-13-14-24(5)30(27)33(34-31(8,9)28-18-16-22(3)25(6)20-28)35-32(10,12-2)29-19-17-23(4)26(7)21-29/h13-21,34-35H,11-12H2,1-10H3. The molecule has 0 fully saturated rings. The lowest BCUT2D eigenvalue weighted by atomic mass is 9.94. The van der Waals surface area contributed by atoms with Crippen molar-refractivity contribution in [1.82, 2.24) is 0 Å². The molecule has 0 heterocycles. The van der Waals surface area contributed by atoms with Crippen LogP contribution in [0, 0.1) is 34.6 Å². The van der Waals surface area contributed by atoms with Crippen molar-refractivity contribution < 1.29 is 0 Å². The van der Waals surface area contributed by atoms with E-state index in [1.807, 2.05) is 0 Å². The summed E-state index contributed by atoms with van der Waals surface area (Å²) in [7, 11) is 1.33. The molecule has 3 rings (SSSR count). The van der Waals surface area contributed by atoms with E-state index in [0.29, 0.717) is 17.5 Å². The highest BCUT2D eigenvalue weighted by molar-refractivity contribution is 7.60. The molecule has 0 saturated heterocycles. The van der Waals surface area contributed by atoms with Gasteiger partial charge in [-0.15, -0.1) is 0 Å². The molecule has 35 heavy (non-hydrogen) atoms. The number of hydrogen-bond acceptors (Lipinski definition) is 1. The second-order valence-corrected chi connectivity index (χ2v) is 15.0. The molecule has 1 nitrogen and oxygen atoms in total. The van der Waals surface area contributed by atoms with Crippen molar-refractivity contribution in [2.75, 3.05) is 4.44 Å². The molecule has 3 unspecified atom stereocenters. The molecular weight excluding hydrogens is 460 g/mol. The van der Waals surface area contributed by atoms with E-state index in [1.54, 1.807) is 0 Å². The van der Waals surface area contributed by atoms with Crippen molar-refractivity contribution in [2.24, 2.45) is 0 Å². The Morgan fingerprint density at radius 1 is 0.657 bits per heavy atom. The van der Waals surface area contributed by atoms with Gasteiger partial charge in [0.05, 0.1) is 0 Å². The second-order valence-electron chi connectivity index (χ2n) is 10.9. The molecule has 3 aromatic carbocycles. The van der Waals surface area contributed by atoms with Crippen LogP contribution in [0.15, 0.2) is 54.6 Å². The van der Waals surface area contributed by atoms with Crippen molar-refractivity contribution in [3.63, 3.8) is 0 Å². The molecule has 0 saturated carbocycles. The molecule has 0 spiro atoms. The third-order valence-corrected chi connectivity index (χ3v) is 11.3. The van der Waals surface area contributed by atoms with Gasteiger partial charge in [0.15, 0.2) is 0 Å². The van der Waals surface area contributed by atoms with Crippen LogP contribution in [0.3, 0.4) is 0 Å². The lowest BCUT2D eigenvalue weighted by Gasteiger charge is -2.42. The molecule has 3 atom stereocenters. The minimum Gasteiger partial charge on any atom is -0.333 e. The molecule has 3 aromatic rings. The predicted molar refractivity (Wildman–Crippen MR) is 162 cm³/mol. The Labute approximate surface area is 218 Å². The quantitative estimate of drug-likeness (QED) is 0.262. The van der Waals surface area contributed by atoms with Gasteiger partial charge >= 0.3 is 0 Å². The summed E-state index contributed by atoms with van der Waals surface area (Å²) < 4.78 is 2.77. The van der Waals surface area contributed by atoms with Gasteiger partial charge in [0.25, 0.3) is 0 Å². The monoisotopic (exact) mass is 505 g/mol. The van der Waals surface area contributed by atoms with Gasteiger partial charge in [-0.1, -0.05) is 89.2 Å². The Morgan fingerprint density at radius 2 is 1.23 bits per heavy atom. The number of nitrogens with zero attached hydrogens (tertiary/aromatic N) is 1. The summed E-state index contributed by atoms with van der Waals surface area (Å²) in [5.74, 6) is 0. The average molecular weight is 506 g/mol. The maximum absolute atomic E-state index is 2.77. The van der Waals surface area contributed by atoms with Gasteiger partial charge < -0.3 is 4.44 Å². The van der Waals surface area contributed by atoms with Gasteiger partial charge in [-0.05, 0) is 109 Å². The van der Waals surface area contributed by atoms with E-state index in [2.05, 4.69) is 128 Å². The van der Waals surface area contributed by atoms with Crippen LogP contribution >= 0.6 is 17.5 Å². The fourth-order valence-electron chi connectivity index (χ4n) is 4.62. The molecule has 0 aromatic heterocycles. The van der Waals surface area contributed by atoms with E-state index in [4.69, 9.17) is 0 Å². The Morgan fingerprint density at radius 3 is 1.77 bits per heavy atom. The van der Waals surface area contributed by atoms with Crippen LogP contribution in [0.4, 0.5) is 5.69 Å². The molecule has 0 radical (unpaired) electrons. The Bertz CT molecular complexity index is 1180. The van der Waals surface area contributed by atoms with Gasteiger partial charge in [-0.25, -0.2) is 0 Å². The summed E-state index contributed by atoms with van der Waals surface area (Å²) in [4.78, 5) is 0. The normalized spacial score (nSPS) is 14.2. The molecule has 0 bridgehead atoms. The van der Waals surface area contributed by atoms with Crippen LogP contribution < -0.4 is 4.44 Å². The Balaban J connectivity index is 2.11. The van der Waals surface area contributed by atoms with Crippen LogP contribution in [0.2, 0.25) is 0 Å². The predicted octanol–water partition coefficient (Wildman–Crippen LogP) is 10.0. The number of rotatable bonds is 9. The van der Waals surface area contributed by atoms with E-state index in [0.717, 1.165) is 12.8 Å². The van der Waals surface area contributed by atoms with E-state index >= 15 is 0 Å². The molecule has 188 valence electrons. The van der Waals surface area contributed by atoms with Crippen molar-refractivity contribution in [1.29, 1.82) is 0 Å². The largest absolute Gasteiger partial charge is 0.333 e. The van der Waals surface area contributed by atoms with Crippen LogP contribution in [0.25, 0.3) is 0 Å². The van der Waals surface area contributed by atoms with Crippen LogP contribution in [0.1, 0.15) is 85.5 Å². The van der Waals surface area contributed by atoms with Gasteiger partial charge in [0, 0.05) is 16.0 Å². The molecular formula is C32H45NP2. The number of benzene rings is 3. The maximum atomic E-state index is 2.77. The van der Waals surface area contributed by atoms with Crippen LogP contribution in [-0.4, -0.2) is 0 Å². The fourth-order valence-corrected chi connectivity index (χ4v) is 9.06. The molecule has 0 aliphatic carbocycles. The van der Waals surface area contributed by atoms with Crippen molar-refractivity contribution in [3.8, 4) is 0 Å². The molecule has 0 N–H and O–H groups in total. The highest BCUT2D eigenvalue weighted by Crippen LogP contribution is 2.58. The first-order valence-corrected chi connectivity index (χ1v) is 14.9. The fraction of sp³-hybridized carbons (Fsp3) is 0.438. The average Bonchev–Trinajstić information content (AvgIpc) is 2.81. The Hall–Kier alpha value is -1.68. The summed E-state index contributed by atoms with van der Waals surface area (Å²) in [6.07, 6.45) is 2.17. The summed E-state index contributed by atoms with van der Waals surface area (Å²) in [6.45, 7) is 23.2. The smallest absolute Gasteiger partial charge is 0.0490 e. The zero-order chi connectivity index (χ0) is 26.0. The van der Waals surface area contributed by atoms with E-state index in [9.17, 15) is 0 Å². The lowest BCUT2D eigenvalue weighted by molar-refractivity contribution is 0.656. The van der Waals surface area contributed by atoms with Crippen molar-refractivity contribution in [2.45, 2.75) is 92.4 Å². The van der Waals surface area contributed by atoms with Crippen molar-refractivity contribution in [3.05, 3.63) is 99.1 Å². The zero-order valence-electron chi connectivity index (χ0n) is 23.6. The third kappa shape index (κ3) is 6.18. The van der Waals surface area contributed by atoms with E-state index in [-0.39, 0.29) is 10.3 Å². The minimum absolute atomic E-state index is 0.0522. The van der Waals surface area contributed by atoms with Crippen molar-refractivity contribution >= 4 is 23.2 Å². The number of para-hydroxylation sites is 1. The topological polar surface area (TPSA) is 3.24 Å². The SMILES string of the molecule is CCc1cccc(C)c1N(PC(C)(C)c1ccc(C)c(C)c1)PC(C)(CC)c1ccc(C)c(C)c1. The summed E-state index contributed by atoms with van der Waals surface area (Å²) >= 11 is 0. The second kappa shape index (κ2) is 11.2. The molecule has 0 aliphatic heterocycles. The Kier molecular flexibility index (Phi) is 8.89. The summed E-state index contributed by atoms with van der Waals surface area (Å²) in [6, 6.07) is 21.0. The molecule has 0 amide bonds. The number of hydrogen-bond donors (Lipinski definition) is 0. The first-order chi connectivity index (χ1) is 16.4. The lowest BCUT2D eigenvalue weighted by Crippen LogP contribution is -2.24. The van der Waals surface area contributed by atoms with E-state index < -0.39 is 0 Å².